The summed E-state index contributed by atoms with van der Waals surface area (Å²) in [6, 6.07) is 3.92. The predicted octanol–water partition coefficient (Wildman–Crippen LogP) is 3.10. The van der Waals surface area contributed by atoms with Crippen molar-refractivity contribution in [3.05, 3.63) is 34.6 Å². The fraction of sp³-hybridized carbons (Fsp3) is 0.429. The average Bonchev–Trinajstić information content (AvgIpc) is 2.43. The largest absolute Gasteiger partial charge is 0.481 e. The zero-order valence-corrected chi connectivity index (χ0v) is 12.1. The molecule has 0 atom stereocenters. The molecule has 4 nitrogen and oxygen atoms in total. The lowest BCUT2D eigenvalue weighted by molar-refractivity contribution is -0.149. The van der Waals surface area contributed by atoms with E-state index in [1.54, 1.807) is 13.8 Å². The molecule has 0 spiro atoms. The highest BCUT2D eigenvalue weighted by Crippen LogP contribution is 2.26. The Hall–Kier alpha value is -1.62. The highest BCUT2D eigenvalue weighted by atomic mass is 35.5. The van der Waals surface area contributed by atoms with Gasteiger partial charge in [-0.05, 0) is 25.0 Å². The minimum atomic E-state index is -1.02. The molecule has 0 saturated heterocycles. The Bertz CT molecular complexity index is 515. The lowest BCUT2D eigenvalue weighted by Crippen LogP contribution is -2.42. The van der Waals surface area contributed by atoms with Crippen LogP contribution < -0.4 is 5.32 Å². The van der Waals surface area contributed by atoms with Gasteiger partial charge in [0.25, 0.3) is 5.91 Å². The molecule has 6 heteroatoms. The van der Waals surface area contributed by atoms with Gasteiger partial charge in [0, 0.05) is 6.54 Å². The molecule has 0 radical (unpaired) electrons. The molecule has 0 fully saturated rings. The van der Waals surface area contributed by atoms with Crippen molar-refractivity contribution in [3.8, 4) is 0 Å². The fourth-order valence-corrected chi connectivity index (χ4v) is 2.11. The van der Waals surface area contributed by atoms with E-state index in [9.17, 15) is 19.1 Å². The van der Waals surface area contributed by atoms with Gasteiger partial charge in [0.15, 0.2) is 0 Å². The van der Waals surface area contributed by atoms with Crippen molar-refractivity contribution in [1.82, 2.24) is 5.32 Å². The number of hydrogen-bond donors (Lipinski definition) is 2. The number of halogens is 2. The molecule has 0 heterocycles. The lowest BCUT2D eigenvalue weighted by Gasteiger charge is -2.26. The Kier molecular flexibility index (Phi) is 5.51. The molecule has 20 heavy (non-hydrogen) atoms. The summed E-state index contributed by atoms with van der Waals surface area (Å²) in [6.07, 6.45) is 0.770. The van der Waals surface area contributed by atoms with E-state index in [1.165, 1.54) is 12.1 Å². The number of rotatable bonds is 6. The molecule has 1 rings (SSSR count). The van der Waals surface area contributed by atoms with Crippen LogP contribution >= 0.6 is 11.6 Å². The van der Waals surface area contributed by atoms with Crippen molar-refractivity contribution < 1.29 is 19.1 Å². The van der Waals surface area contributed by atoms with Crippen LogP contribution in [0.2, 0.25) is 5.02 Å². The molecule has 1 aromatic rings. The van der Waals surface area contributed by atoms with Crippen molar-refractivity contribution in [2.24, 2.45) is 5.41 Å². The van der Waals surface area contributed by atoms with Crippen molar-refractivity contribution in [2.45, 2.75) is 26.7 Å². The Morgan fingerprint density at radius 1 is 1.35 bits per heavy atom. The van der Waals surface area contributed by atoms with Gasteiger partial charge in [-0.15, -0.1) is 0 Å². The van der Waals surface area contributed by atoms with Crippen molar-refractivity contribution in [1.29, 1.82) is 0 Å². The normalized spacial score (nSPS) is 11.2. The molecule has 1 amide bonds. The number of benzene rings is 1. The third-order valence-electron chi connectivity index (χ3n) is 3.59. The number of carboxylic acids is 1. The summed E-state index contributed by atoms with van der Waals surface area (Å²) in [5.41, 5.74) is -1.02. The van der Waals surface area contributed by atoms with E-state index >= 15 is 0 Å². The van der Waals surface area contributed by atoms with Gasteiger partial charge in [-0.2, -0.15) is 0 Å². The number of carboxylic acid groups (broad SMARTS) is 1. The number of aliphatic carboxylic acids is 1. The molecule has 0 aliphatic carbocycles. The Balaban J connectivity index is 2.86. The molecule has 0 unspecified atom stereocenters. The summed E-state index contributed by atoms with van der Waals surface area (Å²) in [5.74, 6) is -2.23. The monoisotopic (exact) mass is 301 g/mol. The third kappa shape index (κ3) is 3.28. The number of amides is 1. The first-order valence-corrected chi connectivity index (χ1v) is 6.71. The highest BCUT2D eigenvalue weighted by Gasteiger charge is 2.35. The molecule has 1 aromatic carbocycles. The number of carbonyl (C=O) groups excluding carboxylic acids is 1. The molecule has 110 valence electrons. The molecular formula is C14H17ClFNO3. The number of nitrogens with one attached hydrogen (secondary N) is 1. The van der Waals surface area contributed by atoms with Gasteiger partial charge in [-0.25, -0.2) is 4.39 Å². The van der Waals surface area contributed by atoms with Crippen LogP contribution in [0, 0.1) is 11.2 Å². The topological polar surface area (TPSA) is 66.4 Å². The summed E-state index contributed by atoms with van der Waals surface area (Å²) in [6.45, 7) is 3.47. The quantitative estimate of drug-likeness (QED) is 0.848. The van der Waals surface area contributed by atoms with Crippen molar-refractivity contribution >= 4 is 23.5 Å². The van der Waals surface area contributed by atoms with Crippen molar-refractivity contribution in [2.75, 3.05) is 6.54 Å². The summed E-state index contributed by atoms with van der Waals surface area (Å²) in [4.78, 5) is 23.3. The van der Waals surface area contributed by atoms with Gasteiger partial charge >= 0.3 is 5.97 Å². The lowest BCUT2D eigenvalue weighted by atomic mass is 9.82. The summed E-state index contributed by atoms with van der Waals surface area (Å²) in [5, 5.41) is 11.5. The Morgan fingerprint density at radius 2 is 1.95 bits per heavy atom. The fourth-order valence-electron chi connectivity index (χ4n) is 1.90. The minimum Gasteiger partial charge on any atom is -0.481 e. The van der Waals surface area contributed by atoms with Crippen LogP contribution in [-0.2, 0) is 4.79 Å². The Morgan fingerprint density at radius 3 is 2.45 bits per heavy atom. The van der Waals surface area contributed by atoms with Crippen LogP contribution in [0.3, 0.4) is 0 Å². The number of hydrogen-bond acceptors (Lipinski definition) is 2. The average molecular weight is 302 g/mol. The summed E-state index contributed by atoms with van der Waals surface area (Å²) < 4.78 is 13.3. The highest BCUT2D eigenvalue weighted by molar-refractivity contribution is 6.34. The van der Waals surface area contributed by atoms with Crippen LogP contribution in [-0.4, -0.2) is 23.5 Å². The predicted molar refractivity (Wildman–Crippen MR) is 74.4 cm³/mol. The van der Waals surface area contributed by atoms with E-state index in [2.05, 4.69) is 5.32 Å². The van der Waals surface area contributed by atoms with Gasteiger partial charge in [0.05, 0.1) is 16.0 Å². The maximum absolute atomic E-state index is 13.3. The van der Waals surface area contributed by atoms with Gasteiger partial charge in [-0.3, -0.25) is 9.59 Å². The second-order valence-electron chi connectivity index (χ2n) is 4.58. The molecule has 2 N–H and O–H groups in total. The van der Waals surface area contributed by atoms with Crippen LogP contribution in [0.25, 0.3) is 0 Å². The first-order chi connectivity index (χ1) is 9.38. The maximum Gasteiger partial charge on any atom is 0.311 e. The molecule has 0 aliphatic rings. The van der Waals surface area contributed by atoms with Gasteiger partial charge in [-0.1, -0.05) is 31.5 Å². The molecular weight excluding hydrogens is 285 g/mol. The van der Waals surface area contributed by atoms with Crippen LogP contribution in [0.5, 0.6) is 0 Å². The van der Waals surface area contributed by atoms with Crippen LogP contribution in [0.1, 0.15) is 37.0 Å². The first-order valence-electron chi connectivity index (χ1n) is 6.33. The maximum atomic E-state index is 13.3. The van der Waals surface area contributed by atoms with E-state index in [0.29, 0.717) is 12.8 Å². The smallest absolute Gasteiger partial charge is 0.311 e. The zero-order valence-electron chi connectivity index (χ0n) is 11.4. The van der Waals surface area contributed by atoms with Crippen LogP contribution in [0.15, 0.2) is 18.2 Å². The van der Waals surface area contributed by atoms with E-state index < -0.39 is 23.1 Å². The first kappa shape index (κ1) is 16.4. The third-order valence-corrected chi connectivity index (χ3v) is 3.97. The summed E-state index contributed by atoms with van der Waals surface area (Å²) >= 11 is 5.72. The van der Waals surface area contributed by atoms with Gasteiger partial charge in [0.1, 0.15) is 5.82 Å². The van der Waals surface area contributed by atoms with Gasteiger partial charge < -0.3 is 10.4 Å². The van der Waals surface area contributed by atoms with E-state index in [0.717, 1.165) is 6.07 Å². The Labute approximate surface area is 121 Å². The molecule has 0 aromatic heterocycles. The molecule has 0 aliphatic heterocycles. The van der Waals surface area contributed by atoms with Crippen molar-refractivity contribution in [3.63, 3.8) is 0 Å². The standard InChI is InChI=1S/C14H17ClFNO3/c1-3-14(4-2,13(19)20)8-17-12(18)9-6-5-7-10(16)11(9)15/h5-7H,3-4,8H2,1-2H3,(H,17,18)(H,19,20). The zero-order chi connectivity index (χ0) is 15.3. The van der Waals surface area contributed by atoms with E-state index in [-0.39, 0.29) is 17.1 Å². The van der Waals surface area contributed by atoms with E-state index in [1.807, 2.05) is 0 Å². The second kappa shape index (κ2) is 6.70. The second-order valence-corrected chi connectivity index (χ2v) is 4.95. The summed E-state index contributed by atoms with van der Waals surface area (Å²) in [7, 11) is 0. The van der Waals surface area contributed by atoms with E-state index in [4.69, 9.17) is 11.6 Å². The minimum absolute atomic E-state index is 0.00170. The van der Waals surface area contributed by atoms with Crippen LogP contribution in [0.4, 0.5) is 4.39 Å². The SMILES string of the molecule is CCC(CC)(CNC(=O)c1cccc(F)c1Cl)C(=O)O. The number of carbonyl (C=O) groups is 2. The molecule has 0 saturated carbocycles. The molecule has 0 bridgehead atoms. The van der Waals surface area contributed by atoms with Gasteiger partial charge in [0.2, 0.25) is 0 Å².